The Morgan fingerprint density at radius 2 is 1.00 bits per heavy atom. The normalized spacial score (nSPS) is 12.0. The SMILES string of the molecule is CCCCCCCCN(CCNS(=O)(=O)c1ccc(OC)c(OC)c1)CCNS(=O)(=O)c1ccc(OC)c(OC)c1. The van der Waals surface area contributed by atoms with E-state index in [1.807, 2.05) is 0 Å². The first-order chi connectivity index (χ1) is 19.6. The Kier molecular flexibility index (Phi) is 14.7. The predicted molar refractivity (Wildman–Crippen MR) is 159 cm³/mol. The fraction of sp³-hybridized carbons (Fsp3) is 0.571. The van der Waals surface area contributed by atoms with Gasteiger partial charge in [0.1, 0.15) is 0 Å². The van der Waals surface area contributed by atoms with Gasteiger partial charge in [0.15, 0.2) is 23.0 Å². The van der Waals surface area contributed by atoms with E-state index in [0.29, 0.717) is 36.1 Å². The van der Waals surface area contributed by atoms with Gasteiger partial charge in [0, 0.05) is 38.3 Å². The number of hydrogen-bond acceptors (Lipinski definition) is 9. The lowest BCUT2D eigenvalue weighted by atomic mass is 10.1. The molecule has 0 unspecified atom stereocenters. The molecule has 0 fully saturated rings. The second kappa shape index (κ2) is 17.4. The van der Waals surface area contributed by atoms with Gasteiger partial charge in [0.05, 0.1) is 38.2 Å². The summed E-state index contributed by atoms with van der Waals surface area (Å²) >= 11 is 0. The lowest BCUT2D eigenvalue weighted by Gasteiger charge is -2.23. The number of methoxy groups -OCH3 is 4. The fourth-order valence-electron chi connectivity index (χ4n) is 4.26. The zero-order valence-electron chi connectivity index (χ0n) is 24.8. The van der Waals surface area contributed by atoms with Gasteiger partial charge in [-0.15, -0.1) is 0 Å². The molecule has 0 saturated heterocycles. The first-order valence-corrected chi connectivity index (χ1v) is 16.7. The van der Waals surface area contributed by atoms with Crippen LogP contribution < -0.4 is 28.4 Å². The topological polar surface area (TPSA) is 132 Å². The maximum atomic E-state index is 12.9. The van der Waals surface area contributed by atoms with Crippen molar-refractivity contribution in [2.24, 2.45) is 0 Å². The second-order valence-corrected chi connectivity index (χ2v) is 13.0. The Morgan fingerprint density at radius 3 is 1.41 bits per heavy atom. The molecule has 0 atom stereocenters. The maximum absolute atomic E-state index is 12.9. The highest BCUT2D eigenvalue weighted by Gasteiger charge is 2.19. The third-order valence-electron chi connectivity index (χ3n) is 6.60. The van der Waals surface area contributed by atoms with Crippen molar-refractivity contribution >= 4 is 20.0 Å². The maximum Gasteiger partial charge on any atom is 0.240 e. The summed E-state index contributed by atoms with van der Waals surface area (Å²) in [5, 5.41) is 0. The van der Waals surface area contributed by atoms with E-state index >= 15 is 0 Å². The van der Waals surface area contributed by atoms with Crippen LogP contribution in [0.2, 0.25) is 0 Å². The summed E-state index contributed by atoms with van der Waals surface area (Å²) in [4.78, 5) is 2.20. The number of rotatable bonds is 21. The molecule has 11 nitrogen and oxygen atoms in total. The number of unbranched alkanes of at least 4 members (excludes halogenated alkanes) is 5. The molecular weight excluding hydrogens is 570 g/mol. The monoisotopic (exact) mass is 615 g/mol. The molecule has 0 spiro atoms. The molecule has 0 amide bonds. The summed E-state index contributed by atoms with van der Waals surface area (Å²) in [5.74, 6) is 1.52. The van der Waals surface area contributed by atoms with Gasteiger partial charge in [0.2, 0.25) is 20.0 Å². The molecule has 0 aliphatic carbocycles. The number of nitrogens with one attached hydrogen (secondary N) is 2. The van der Waals surface area contributed by atoms with Crippen molar-refractivity contribution in [3.63, 3.8) is 0 Å². The highest BCUT2D eigenvalue weighted by Crippen LogP contribution is 2.30. The van der Waals surface area contributed by atoms with E-state index in [1.165, 1.54) is 72.0 Å². The van der Waals surface area contributed by atoms with Crippen LogP contribution in [0.25, 0.3) is 0 Å². The first kappa shape index (κ1) is 34.6. The van der Waals surface area contributed by atoms with Crippen molar-refractivity contribution in [3.8, 4) is 23.0 Å². The van der Waals surface area contributed by atoms with Crippen molar-refractivity contribution in [1.82, 2.24) is 14.3 Å². The van der Waals surface area contributed by atoms with Gasteiger partial charge >= 0.3 is 0 Å². The number of ether oxygens (including phenoxy) is 4. The minimum Gasteiger partial charge on any atom is -0.493 e. The minimum absolute atomic E-state index is 0.0697. The summed E-state index contributed by atoms with van der Waals surface area (Å²) in [6.45, 7) is 4.05. The van der Waals surface area contributed by atoms with E-state index in [9.17, 15) is 16.8 Å². The molecule has 0 saturated carbocycles. The summed E-state index contributed by atoms with van der Waals surface area (Å²) < 4.78 is 77.7. The summed E-state index contributed by atoms with van der Waals surface area (Å²) in [5.41, 5.74) is 0. The average Bonchev–Trinajstić information content (AvgIpc) is 2.97. The fourth-order valence-corrected chi connectivity index (χ4v) is 6.33. The first-order valence-electron chi connectivity index (χ1n) is 13.8. The van der Waals surface area contributed by atoms with Crippen molar-refractivity contribution < 1.29 is 35.8 Å². The van der Waals surface area contributed by atoms with Gasteiger partial charge in [-0.2, -0.15) is 0 Å². The van der Waals surface area contributed by atoms with Gasteiger partial charge in [-0.25, -0.2) is 26.3 Å². The predicted octanol–water partition coefficient (Wildman–Crippen LogP) is 3.64. The Balaban J connectivity index is 2.01. The molecule has 2 aromatic rings. The van der Waals surface area contributed by atoms with Crippen LogP contribution in [0.5, 0.6) is 23.0 Å². The Morgan fingerprint density at radius 1 is 0.585 bits per heavy atom. The second-order valence-electron chi connectivity index (χ2n) is 9.44. The number of nitrogens with zero attached hydrogens (tertiary/aromatic N) is 1. The van der Waals surface area contributed by atoms with E-state index in [0.717, 1.165) is 25.8 Å². The standard InChI is InChI=1S/C28H45N3O8S2/c1-6-7-8-9-10-11-18-31(19-16-29-40(32,33)23-12-14-25(36-2)27(21-23)38-4)20-17-30-41(34,35)24-13-15-26(37-3)28(22-24)39-5/h12-15,21-22,29-30H,6-11,16-20H2,1-5H3. The molecule has 0 aliphatic rings. The lowest BCUT2D eigenvalue weighted by Crippen LogP contribution is -2.40. The van der Waals surface area contributed by atoms with Gasteiger partial charge in [-0.3, -0.25) is 0 Å². The highest BCUT2D eigenvalue weighted by atomic mass is 32.2. The Labute approximate surface area is 245 Å². The zero-order chi connectivity index (χ0) is 30.3. The highest BCUT2D eigenvalue weighted by molar-refractivity contribution is 7.89. The summed E-state index contributed by atoms with van der Waals surface area (Å²) in [6, 6.07) is 8.84. The van der Waals surface area contributed by atoms with Crippen molar-refractivity contribution in [1.29, 1.82) is 0 Å². The van der Waals surface area contributed by atoms with Gasteiger partial charge in [0.25, 0.3) is 0 Å². The number of benzene rings is 2. The third kappa shape index (κ3) is 11.0. The zero-order valence-corrected chi connectivity index (χ0v) is 26.4. The molecule has 41 heavy (non-hydrogen) atoms. The van der Waals surface area contributed by atoms with Gasteiger partial charge in [-0.1, -0.05) is 39.0 Å². The van der Waals surface area contributed by atoms with Crippen molar-refractivity contribution in [2.75, 3.05) is 61.2 Å². The summed E-state index contributed by atoms with van der Waals surface area (Å²) in [7, 11) is -1.72. The van der Waals surface area contributed by atoms with Crippen LogP contribution in [0.15, 0.2) is 46.2 Å². The van der Waals surface area contributed by atoms with Crippen LogP contribution in [0.3, 0.4) is 0 Å². The molecule has 232 valence electrons. The molecule has 2 aromatic carbocycles. The molecule has 0 heterocycles. The van der Waals surface area contributed by atoms with Gasteiger partial charge in [-0.05, 0) is 37.2 Å². The molecule has 2 N–H and O–H groups in total. The molecule has 0 bridgehead atoms. The van der Waals surface area contributed by atoms with E-state index in [4.69, 9.17) is 18.9 Å². The molecule has 0 radical (unpaired) electrons. The Hall–Kier alpha value is -2.58. The van der Waals surface area contributed by atoms with Crippen LogP contribution in [0.4, 0.5) is 0 Å². The minimum atomic E-state index is -3.79. The van der Waals surface area contributed by atoms with Crippen LogP contribution in [0, 0.1) is 0 Å². The Bertz CT molecular complexity index is 1200. The van der Waals surface area contributed by atoms with Crippen LogP contribution in [0.1, 0.15) is 45.4 Å². The van der Waals surface area contributed by atoms with E-state index in [1.54, 1.807) is 12.1 Å². The van der Waals surface area contributed by atoms with Crippen LogP contribution >= 0.6 is 0 Å². The van der Waals surface area contributed by atoms with E-state index < -0.39 is 20.0 Å². The van der Waals surface area contributed by atoms with Crippen LogP contribution in [-0.2, 0) is 20.0 Å². The third-order valence-corrected chi connectivity index (χ3v) is 9.52. The van der Waals surface area contributed by atoms with Crippen LogP contribution in [-0.4, -0.2) is 82.9 Å². The van der Waals surface area contributed by atoms with Gasteiger partial charge < -0.3 is 23.8 Å². The summed E-state index contributed by atoms with van der Waals surface area (Å²) in [6.07, 6.45) is 6.71. The lowest BCUT2D eigenvalue weighted by molar-refractivity contribution is 0.275. The molecule has 2 rings (SSSR count). The largest absolute Gasteiger partial charge is 0.493 e. The quantitative estimate of drug-likeness (QED) is 0.202. The number of hydrogen-bond donors (Lipinski definition) is 2. The smallest absolute Gasteiger partial charge is 0.240 e. The molecular formula is C28H45N3O8S2. The van der Waals surface area contributed by atoms with Crippen molar-refractivity contribution in [3.05, 3.63) is 36.4 Å². The van der Waals surface area contributed by atoms with Crippen molar-refractivity contribution in [2.45, 2.75) is 55.2 Å². The molecule has 13 heteroatoms. The molecule has 0 aromatic heterocycles. The molecule has 0 aliphatic heterocycles. The number of sulfonamides is 2. The van der Waals surface area contributed by atoms with E-state index in [-0.39, 0.29) is 22.9 Å². The van der Waals surface area contributed by atoms with E-state index in [2.05, 4.69) is 21.3 Å². The average molecular weight is 616 g/mol.